The van der Waals surface area contributed by atoms with E-state index in [1.54, 1.807) is 0 Å². The van der Waals surface area contributed by atoms with Crippen LogP contribution >= 0.6 is 11.6 Å². The summed E-state index contributed by atoms with van der Waals surface area (Å²) in [4.78, 5) is 12.8. The first kappa shape index (κ1) is 16.6. The van der Waals surface area contributed by atoms with E-state index in [9.17, 15) is 4.79 Å². The van der Waals surface area contributed by atoms with E-state index in [1.165, 1.54) is 0 Å². The molecule has 1 atom stereocenters. The highest BCUT2D eigenvalue weighted by atomic mass is 35.5. The lowest BCUT2D eigenvalue weighted by Gasteiger charge is -2.11. The van der Waals surface area contributed by atoms with Gasteiger partial charge in [0, 0.05) is 24.1 Å². The summed E-state index contributed by atoms with van der Waals surface area (Å²) in [7, 11) is 0. The number of hydrogen-bond donors (Lipinski definition) is 1. The molecular weight excluding hydrogens is 338 g/mol. The molecular formula is C19H22ClN3O2. The lowest BCUT2D eigenvalue weighted by atomic mass is 10.1. The smallest absolute Gasteiger partial charge is 0.255 e. The summed E-state index contributed by atoms with van der Waals surface area (Å²) >= 11 is 6.12. The van der Waals surface area contributed by atoms with Gasteiger partial charge in [0.1, 0.15) is 0 Å². The van der Waals surface area contributed by atoms with Crippen molar-refractivity contribution in [2.24, 2.45) is 0 Å². The molecule has 4 rings (SSSR count). The first-order valence-corrected chi connectivity index (χ1v) is 9.26. The fourth-order valence-electron chi connectivity index (χ4n) is 3.41. The van der Waals surface area contributed by atoms with Crippen LogP contribution in [0.5, 0.6) is 0 Å². The highest BCUT2D eigenvalue weighted by Gasteiger charge is 2.34. The van der Waals surface area contributed by atoms with E-state index in [0.29, 0.717) is 23.0 Å². The Morgan fingerprint density at radius 3 is 2.92 bits per heavy atom. The van der Waals surface area contributed by atoms with Gasteiger partial charge in [0.25, 0.3) is 5.91 Å². The summed E-state index contributed by atoms with van der Waals surface area (Å²) < 4.78 is 7.43. The van der Waals surface area contributed by atoms with Gasteiger partial charge < -0.3 is 10.1 Å². The third kappa shape index (κ3) is 3.44. The number of hydrogen-bond acceptors (Lipinski definition) is 3. The average Bonchev–Trinajstić information content (AvgIpc) is 3.19. The molecule has 1 aliphatic carbocycles. The van der Waals surface area contributed by atoms with Crippen molar-refractivity contribution in [1.82, 2.24) is 15.1 Å². The average molecular weight is 360 g/mol. The zero-order chi connectivity index (χ0) is 17.4. The predicted octanol–water partition coefficient (Wildman–Crippen LogP) is 3.62. The second-order valence-electron chi connectivity index (χ2n) is 6.86. The molecule has 1 N–H and O–H groups in total. The summed E-state index contributed by atoms with van der Waals surface area (Å²) in [6.45, 7) is 3.30. The molecule has 1 aromatic carbocycles. The summed E-state index contributed by atoms with van der Waals surface area (Å²) in [5, 5.41) is 8.44. The Morgan fingerprint density at radius 1 is 1.40 bits per heavy atom. The number of carbonyl (C=O) groups excluding carboxylic acids is 1. The maximum atomic E-state index is 12.8. The number of nitrogens with zero attached hydrogens (tertiary/aromatic N) is 2. The van der Waals surface area contributed by atoms with E-state index >= 15 is 0 Å². The van der Waals surface area contributed by atoms with E-state index in [0.717, 1.165) is 49.4 Å². The molecule has 1 amide bonds. The number of aromatic nitrogens is 2. The normalized spacial score (nSPS) is 20.0. The molecule has 6 heteroatoms. The zero-order valence-corrected chi connectivity index (χ0v) is 15.1. The Bertz CT molecular complexity index is 792. The van der Waals surface area contributed by atoms with Gasteiger partial charge in [-0.1, -0.05) is 17.7 Å². The van der Waals surface area contributed by atoms with Gasteiger partial charge in [-0.25, -0.2) is 4.68 Å². The minimum absolute atomic E-state index is 0.0526. The minimum atomic E-state index is -0.0526. The van der Waals surface area contributed by atoms with Crippen LogP contribution in [0.15, 0.2) is 24.3 Å². The molecule has 2 heterocycles. The maximum absolute atomic E-state index is 12.8. The molecule has 132 valence electrons. The van der Waals surface area contributed by atoms with Gasteiger partial charge in [-0.15, -0.1) is 0 Å². The lowest BCUT2D eigenvalue weighted by Crippen LogP contribution is -2.32. The Kier molecular flexibility index (Phi) is 4.52. The number of carbonyl (C=O) groups is 1. The highest BCUT2D eigenvalue weighted by Crippen LogP contribution is 2.42. The lowest BCUT2D eigenvalue weighted by molar-refractivity contribution is 0.0856. The highest BCUT2D eigenvalue weighted by molar-refractivity contribution is 6.30. The van der Waals surface area contributed by atoms with Crippen molar-refractivity contribution in [1.29, 1.82) is 0 Å². The fourth-order valence-corrected chi connectivity index (χ4v) is 3.59. The maximum Gasteiger partial charge on any atom is 0.255 e. The topological polar surface area (TPSA) is 56.1 Å². The molecule has 0 radical (unpaired) electrons. The van der Waals surface area contributed by atoms with Crippen LogP contribution in [0.3, 0.4) is 0 Å². The van der Waals surface area contributed by atoms with Crippen LogP contribution < -0.4 is 5.32 Å². The van der Waals surface area contributed by atoms with Crippen molar-refractivity contribution in [2.75, 3.05) is 13.2 Å². The summed E-state index contributed by atoms with van der Waals surface area (Å²) in [6, 6.07) is 7.55. The van der Waals surface area contributed by atoms with Crippen LogP contribution in [-0.4, -0.2) is 34.9 Å². The Labute approximate surface area is 152 Å². The molecule has 1 saturated carbocycles. The third-order valence-corrected chi connectivity index (χ3v) is 5.14. The number of amides is 1. The third-order valence-electron chi connectivity index (χ3n) is 4.90. The van der Waals surface area contributed by atoms with Crippen LogP contribution in [-0.2, 0) is 4.74 Å². The molecule has 2 fully saturated rings. The quantitative estimate of drug-likeness (QED) is 0.887. The van der Waals surface area contributed by atoms with Crippen LogP contribution in [0.4, 0.5) is 0 Å². The van der Waals surface area contributed by atoms with Gasteiger partial charge >= 0.3 is 0 Å². The van der Waals surface area contributed by atoms with E-state index in [-0.39, 0.29) is 12.0 Å². The summed E-state index contributed by atoms with van der Waals surface area (Å²) in [5.41, 5.74) is 3.35. The summed E-state index contributed by atoms with van der Waals surface area (Å²) in [5.74, 6) is 0.339. The van der Waals surface area contributed by atoms with Crippen LogP contribution in [0.1, 0.15) is 53.3 Å². The van der Waals surface area contributed by atoms with Crippen molar-refractivity contribution in [3.05, 3.63) is 46.2 Å². The van der Waals surface area contributed by atoms with Gasteiger partial charge in [0.05, 0.1) is 28.7 Å². The van der Waals surface area contributed by atoms with Crippen molar-refractivity contribution in [2.45, 2.75) is 44.6 Å². The molecule has 0 spiro atoms. The predicted molar refractivity (Wildman–Crippen MR) is 96.6 cm³/mol. The number of benzene rings is 1. The van der Waals surface area contributed by atoms with Gasteiger partial charge in [-0.2, -0.15) is 5.10 Å². The number of rotatable bonds is 5. The van der Waals surface area contributed by atoms with Gasteiger partial charge in [0.15, 0.2) is 0 Å². The number of nitrogens with one attached hydrogen (secondary N) is 1. The standard InChI is InChI=1S/C19H22ClN3O2/c1-12-17(19(24)21-11-16-6-3-9-25-16)18(13-7-8-13)22-23(12)15-5-2-4-14(20)10-15/h2,4-5,10,13,16H,3,6-9,11H2,1H3,(H,21,24)/t16-/m0/s1. The monoisotopic (exact) mass is 359 g/mol. The summed E-state index contributed by atoms with van der Waals surface area (Å²) in [6.07, 6.45) is 4.41. The van der Waals surface area contributed by atoms with Crippen LogP contribution in [0.2, 0.25) is 5.02 Å². The molecule has 2 aromatic rings. The van der Waals surface area contributed by atoms with E-state index in [4.69, 9.17) is 21.4 Å². The number of halogens is 1. The van der Waals surface area contributed by atoms with Crippen molar-refractivity contribution < 1.29 is 9.53 Å². The van der Waals surface area contributed by atoms with Gasteiger partial charge in [-0.05, 0) is 50.8 Å². The zero-order valence-electron chi connectivity index (χ0n) is 14.3. The first-order chi connectivity index (χ1) is 12.1. The minimum Gasteiger partial charge on any atom is -0.376 e. The second-order valence-corrected chi connectivity index (χ2v) is 7.29. The largest absolute Gasteiger partial charge is 0.376 e. The van der Waals surface area contributed by atoms with Crippen molar-refractivity contribution >= 4 is 17.5 Å². The van der Waals surface area contributed by atoms with E-state index in [1.807, 2.05) is 35.9 Å². The van der Waals surface area contributed by atoms with Gasteiger partial charge in [-0.3, -0.25) is 4.79 Å². The molecule has 1 saturated heterocycles. The SMILES string of the molecule is Cc1c(C(=O)NC[C@@H]2CCCO2)c(C2CC2)nn1-c1cccc(Cl)c1. The van der Waals surface area contributed by atoms with E-state index in [2.05, 4.69) is 5.32 Å². The van der Waals surface area contributed by atoms with E-state index < -0.39 is 0 Å². The first-order valence-electron chi connectivity index (χ1n) is 8.88. The van der Waals surface area contributed by atoms with Crippen molar-refractivity contribution in [3.63, 3.8) is 0 Å². The second kappa shape index (κ2) is 6.81. The molecule has 2 aliphatic rings. The molecule has 1 aromatic heterocycles. The number of ether oxygens (including phenoxy) is 1. The van der Waals surface area contributed by atoms with Crippen LogP contribution in [0.25, 0.3) is 5.69 Å². The molecule has 5 nitrogen and oxygen atoms in total. The Balaban J connectivity index is 1.62. The Morgan fingerprint density at radius 2 is 2.24 bits per heavy atom. The molecule has 0 unspecified atom stereocenters. The van der Waals surface area contributed by atoms with Gasteiger partial charge in [0.2, 0.25) is 0 Å². The molecule has 1 aliphatic heterocycles. The molecule has 25 heavy (non-hydrogen) atoms. The molecule has 0 bridgehead atoms. The fraction of sp³-hybridized carbons (Fsp3) is 0.474. The Hall–Kier alpha value is -1.85. The van der Waals surface area contributed by atoms with Crippen LogP contribution in [0, 0.1) is 6.92 Å². The van der Waals surface area contributed by atoms with Crippen molar-refractivity contribution in [3.8, 4) is 5.69 Å².